The van der Waals surface area contributed by atoms with Gasteiger partial charge in [0.25, 0.3) is 0 Å². The first-order valence-electron chi connectivity index (χ1n) is 6.02. The maximum atomic E-state index is 11.9. The van der Waals surface area contributed by atoms with E-state index in [0.29, 0.717) is 6.61 Å². The van der Waals surface area contributed by atoms with Gasteiger partial charge in [0.05, 0.1) is 18.1 Å². The molecular weight excluding hydrogens is 192 g/mol. The van der Waals surface area contributed by atoms with Crippen LogP contribution in [0, 0.1) is 5.41 Å². The molecule has 1 aliphatic carbocycles. The fraction of sp³-hybridized carbons (Fsp3) is 0.917. The summed E-state index contributed by atoms with van der Waals surface area (Å²) >= 11 is 0. The van der Waals surface area contributed by atoms with Crippen LogP contribution in [0.2, 0.25) is 0 Å². The van der Waals surface area contributed by atoms with Crippen molar-refractivity contribution >= 4 is 5.97 Å². The first-order chi connectivity index (χ1) is 7.17. The smallest absolute Gasteiger partial charge is 0.314 e. The zero-order valence-corrected chi connectivity index (χ0v) is 9.79. The third kappa shape index (κ3) is 2.51. The summed E-state index contributed by atoms with van der Waals surface area (Å²) in [5, 5.41) is 10.0. The highest BCUT2D eigenvalue weighted by molar-refractivity contribution is 5.77. The van der Waals surface area contributed by atoms with E-state index in [1.165, 1.54) is 0 Å². The monoisotopic (exact) mass is 214 g/mol. The summed E-state index contributed by atoms with van der Waals surface area (Å²) < 4.78 is 5.11. The minimum Gasteiger partial charge on any atom is -0.465 e. The Bertz CT molecular complexity index is 211. The van der Waals surface area contributed by atoms with Crippen LogP contribution in [0.3, 0.4) is 0 Å². The Balaban J connectivity index is 2.79. The van der Waals surface area contributed by atoms with E-state index in [9.17, 15) is 9.90 Å². The van der Waals surface area contributed by atoms with Gasteiger partial charge in [-0.25, -0.2) is 0 Å². The van der Waals surface area contributed by atoms with Gasteiger partial charge in [0.15, 0.2) is 0 Å². The van der Waals surface area contributed by atoms with Crippen molar-refractivity contribution in [1.82, 2.24) is 0 Å². The largest absolute Gasteiger partial charge is 0.465 e. The van der Waals surface area contributed by atoms with Crippen molar-refractivity contribution in [2.75, 3.05) is 6.61 Å². The topological polar surface area (TPSA) is 46.5 Å². The molecule has 0 radical (unpaired) electrons. The van der Waals surface area contributed by atoms with Crippen LogP contribution < -0.4 is 0 Å². The third-order valence-electron chi connectivity index (χ3n) is 3.37. The van der Waals surface area contributed by atoms with Gasteiger partial charge in [-0.1, -0.05) is 26.2 Å². The number of hydrogen-bond donors (Lipinski definition) is 1. The maximum absolute atomic E-state index is 11.9. The van der Waals surface area contributed by atoms with Crippen LogP contribution in [0.15, 0.2) is 0 Å². The van der Waals surface area contributed by atoms with Crippen molar-refractivity contribution < 1.29 is 14.6 Å². The molecule has 0 amide bonds. The maximum Gasteiger partial charge on any atom is 0.314 e. The lowest BCUT2D eigenvalue weighted by molar-refractivity contribution is -0.167. The molecule has 0 spiro atoms. The van der Waals surface area contributed by atoms with Crippen LogP contribution in [-0.2, 0) is 9.53 Å². The molecule has 3 nitrogen and oxygen atoms in total. The fourth-order valence-electron chi connectivity index (χ4n) is 2.57. The zero-order chi connectivity index (χ0) is 11.3. The minimum atomic E-state index is -0.608. The van der Waals surface area contributed by atoms with E-state index in [2.05, 4.69) is 0 Å². The standard InChI is InChI=1S/C12H22O3/c1-3-8-12(11(14)15-4-2)9-6-5-7-10(12)13/h10,13H,3-9H2,1-2H3/t10-,12-/m1/s1. The van der Waals surface area contributed by atoms with Crippen molar-refractivity contribution in [3.05, 3.63) is 0 Å². The first-order valence-corrected chi connectivity index (χ1v) is 6.02. The summed E-state index contributed by atoms with van der Waals surface area (Å²) in [6, 6.07) is 0. The number of hydrogen-bond acceptors (Lipinski definition) is 3. The lowest BCUT2D eigenvalue weighted by Gasteiger charge is -2.39. The van der Waals surface area contributed by atoms with Gasteiger partial charge in [-0.2, -0.15) is 0 Å². The average molecular weight is 214 g/mol. The number of rotatable bonds is 4. The Morgan fingerprint density at radius 1 is 1.47 bits per heavy atom. The molecule has 3 heteroatoms. The molecule has 88 valence electrons. The lowest BCUT2D eigenvalue weighted by atomic mass is 9.69. The Morgan fingerprint density at radius 3 is 2.73 bits per heavy atom. The van der Waals surface area contributed by atoms with Crippen LogP contribution in [0.25, 0.3) is 0 Å². The average Bonchev–Trinajstić information content (AvgIpc) is 2.22. The first kappa shape index (κ1) is 12.5. The molecule has 1 saturated carbocycles. The van der Waals surface area contributed by atoms with Crippen LogP contribution >= 0.6 is 0 Å². The van der Waals surface area contributed by atoms with Crippen molar-refractivity contribution in [2.45, 2.75) is 58.5 Å². The van der Waals surface area contributed by atoms with Gasteiger partial charge in [0, 0.05) is 0 Å². The molecule has 0 aliphatic heterocycles. The van der Waals surface area contributed by atoms with E-state index in [1.807, 2.05) is 13.8 Å². The summed E-state index contributed by atoms with van der Waals surface area (Å²) in [5.74, 6) is -0.195. The molecule has 0 unspecified atom stereocenters. The molecule has 0 saturated heterocycles. The number of aliphatic hydroxyl groups excluding tert-OH is 1. The molecule has 0 aromatic carbocycles. The van der Waals surface area contributed by atoms with Gasteiger partial charge in [0.1, 0.15) is 0 Å². The van der Waals surface area contributed by atoms with Crippen molar-refractivity contribution in [1.29, 1.82) is 0 Å². The van der Waals surface area contributed by atoms with Gasteiger partial charge < -0.3 is 9.84 Å². The van der Waals surface area contributed by atoms with Gasteiger partial charge >= 0.3 is 5.97 Å². The molecule has 0 heterocycles. The summed E-state index contributed by atoms with van der Waals surface area (Å²) in [5.41, 5.74) is -0.608. The molecule has 1 rings (SSSR count). The van der Waals surface area contributed by atoms with Gasteiger partial charge in [-0.05, 0) is 26.2 Å². The molecule has 15 heavy (non-hydrogen) atoms. The van der Waals surface area contributed by atoms with Crippen molar-refractivity contribution in [3.63, 3.8) is 0 Å². The second kappa shape index (κ2) is 5.50. The Morgan fingerprint density at radius 2 is 2.20 bits per heavy atom. The van der Waals surface area contributed by atoms with Gasteiger partial charge in [0.2, 0.25) is 0 Å². The quantitative estimate of drug-likeness (QED) is 0.730. The van der Waals surface area contributed by atoms with Crippen LogP contribution in [0.5, 0.6) is 0 Å². The number of carbonyl (C=O) groups excluding carboxylic acids is 1. The Hall–Kier alpha value is -0.570. The van der Waals surface area contributed by atoms with Gasteiger partial charge in [-0.3, -0.25) is 4.79 Å². The van der Waals surface area contributed by atoms with Gasteiger partial charge in [-0.15, -0.1) is 0 Å². The van der Waals surface area contributed by atoms with E-state index in [4.69, 9.17) is 4.74 Å². The zero-order valence-electron chi connectivity index (χ0n) is 9.79. The predicted octanol–water partition coefficient (Wildman–Crippen LogP) is 2.27. The number of aliphatic hydroxyl groups is 1. The number of carbonyl (C=O) groups is 1. The Kier molecular flexibility index (Phi) is 4.58. The second-order valence-electron chi connectivity index (χ2n) is 4.39. The summed E-state index contributed by atoms with van der Waals surface area (Å²) in [6.07, 6.45) is 4.70. The minimum absolute atomic E-state index is 0.195. The number of ether oxygens (including phenoxy) is 1. The van der Waals surface area contributed by atoms with Crippen LogP contribution in [0.4, 0.5) is 0 Å². The molecular formula is C12H22O3. The predicted molar refractivity (Wildman–Crippen MR) is 58.4 cm³/mol. The third-order valence-corrected chi connectivity index (χ3v) is 3.37. The summed E-state index contributed by atoms with van der Waals surface area (Å²) in [6.45, 7) is 4.26. The number of esters is 1. The highest BCUT2D eigenvalue weighted by Gasteiger charge is 2.46. The van der Waals surface area contributed by atoms with E-state index >= 15 is 0 Å². The van der Waals surface area contributed by atoms with Crippen molar-refractivity contribution in [3.8, 4) is 0 Å². The van der Waals surface area contributed by atoms with E-state index < -0.39 is 11.5 Å². The second-order valence-corrected chi connectivity index (χ2v) is 4.39. The molecule has 0 aromatic heterocycles. The summed E-state index contributed by atoms with van der Waals surface area (Å²) in [4.78, 5) is 11.9. The van der Waals surface area contributed by atoms with Crippen molar-refractivity contribution in [2.24, 2.45) is 5.41 Å². The van der Waals surface area contributed by atoms with Crippen LogP contribution in [0.1, 0.15) is 52.4 Å². The van der Waals surface area contributed by atoms with E-state index in [0.717, 1.165) is 38.5 Å². The SMILES string of the molecule is CCC[C@@]1(C(=O)OCC)CCCC[C@H]1O. The van der Waals surface area contributed by atoms with Crippen LogP contribution in [-0.4, -0.2) is 23.8 Å². The highest BCUT2D eigenvalue weighted by atomic mass is 16.5. The van der Waals surface area contributed by atoms with E-state index in [-0.39, 0.29) is 5.97 Å². The highest BCUT2D eigenvalue weighted by Crippen LogP contribution is 2.41. The summed E-state index contributed by atoms with van der Waals surface area (Å²) in [7, 11) is 0. The molecule has 1 N–H and O–H groups in total. The Labute approximate surface area is 91.8 Å². The van der Waals surface area contributed by atoms with E-state index in [1.54, 1.807) is 0 Å². The lowest BCUT2D eigenvalue weighted by Crippen LogP contribution is -2.45. The molecule has 0 aromatic rings. The molecule has 2 atom stereocenters. The molecule has 1 fully saturated rings. The fourth-order valence-corrected chi connectivity index (χ4v) is 2.57. The molecule has 0 bridgehead atoms. The normalized spacial score (nSPS) is 31.3. The molecule has 1 aliphatic rings.